The second-order valence-electron chi connectivity index (χ2n) is 5.96. The van der Waals surface area contributed by atoms with Crippen LogP contribution in [0.25, 0.3) is 0 Å². The fourth-order valence-corrected chi connectivity index (χ4v) is 4.92. The summed E-state index contributed by atoms with van der Waals surface area (Å²) in [6.07, 6.45) is 10.2. The average molecular weight is 258 g/mol. The molecule has 0 nitrogen and oxygen atoms in total. The Labute approximate surface area is 115 Å². The van der Waals surface area contributed by atoms with Crippen molar-refractivity contribution in [3.05, 3.63) is 28.8 Å². The van der Waals surface area contributed by atoms with Crippen LogP contribution in [-0.4, -0.2) is 9.52 Å². The van der Waals surface area contributed by atoms with E-state index in [0.29, 0.717) is 0 Å². The molecular formula is C17H26Si. The van der Waals surface area contributed by atoms with Gasteiger partial charge in [0.2, 0.25) is 0 Å². The fraction of sp³-hybridized carbons (Fsp3) is 0.647. The van der Waals surface area contributed by atoms with E-state index in [1.165, 1.54) is 61.6 Å². The minimum absolute atomic E-state index is 0.963. The van der Waals surface area contributed by atoms with Crippen molar-refractivity contribution in [1.29, 1.82) is 0 Å². The van der Waals surface area contributed by atoms with E-state index in [0.717, 1.165) is 15.1 Å². The smallest absolute Gasteiger partial charge is 0.0582 e. The van der Waals surface area contributed by atoms with Gasteiger partial charge in [-0.05, 0) is 26.3 Å². The van der Waals surface area contributed by atoms with Crippen molar-refractivity contribution in [3.8, 4) is 0 Å². The Morgan fingerprint density at radius 3 is 1.89 bits per heavy atom. The molecule has 0 unspecified atom stereocenters. The third-order valence-electron chi connectivity index (χ3n) is 4.13. The van der Waals surface area contributed by atoms with Crippen LogP contribution in [0.3, 0.4) is 0 Å². The summed E-state index contributed by atoms with van der Waals surface area (Å²) < 4.78 is 0. The highest BCUT2D eigenvalue weighted by molar-refractivity contribution is 6.56. The number of rotatable bonds is 2. The Morgan fingerprint density at radius 1 is 0.833 bits per heavy atom. The number of hydrogen-bond acceptors (Lipinski definition) is 0. The molecule has 1 saturated carbocycles. The second-order valence-corrected chi connectivity index (χ2v) is 7.57. The summed E-state index contributed by atoms with van der Waals surface area (Å²) in [6, 6.07) is 4.72. The first-order valence-corrected chi connectivity index (χ1v) is 8.59. The fourth-order valence-electron chi connectivity index (χ4n) is 3.21. The molecule has 0 heterocycles. The maximum Gasteiger partial charge on any atom is 0.0849 e. The van der Waals surface area contributed by atoms with Crippen molar-refractivity contribution >= 4 is 14.7 Å². The summed E-state index contributed by atoms with van der Waals surface area (Å²) in [5.41, 5.74) is 5.42. The molecule has 18 heavy (non-hydrogen) atoms. The number of benzene rings is 1. The van der Waals surface area contributed by atoms with Crippen molar-refractivity contribution in [2.75, 3.05) is 0 Å². The molecule has 1 heteroatoms. The minimum atomic E-state index is 0.963. The first-order chi connectivity index (χ1) is 8.66. The SMILES string of the molecule is Cc1cc(C)c([Si]C2CCCCCCC2)c(C)c1. The highest BCUT2D eigenvalue weighted by atomic mass is 28.2. The minimum Gasteiger partial charge on any atom is -0.0582 e. The standard InChI is InChI=1S/C17H26Si/c1-13-11-14(2)17(15(3)12-13)18-16-9-7-5-4-6-8-10-16/h11-12,16H,4-10H2,1-3H3. The molecule has 1 aliphatic carbocycles. The average Bonchev–Trinajstić information content (AvgIpc) is 2.25. The van der Waals surface area contributed by atoms with Gasteiger partial charge in [-0.3, -0.25) is 0 Å². The molecule has 0 aromatic heterocycles. The molecule has 2 rings (SSSR count). The molecule has 0 aliphatic heterocycles. The summed E-state index contributed by atoms with van der Waals surface area (Å²) in [5.74, 6) is 0. The molecule has 1 aliphatic rings. The zero-order valence-electron chi connectivity index (χ0n) is 12.2. The van der Waals surface area contributed by atoms with Gasteiger partial charge in [0, 0.05) is 0 Å². The van der Waals surface area contributed by atoms with E-state index in [4.69, 9.17) is 0 Å². The van der Waals surface area contributed by atoms with Gasteiger partial charge in [0.1, 0.15) is 0 Å². The van der Waals surface area contributed by atoms with Crippen LogP contribution < -0.4 is 5.19 Å². The van der Waals surface area contributed by atoms with E-state index >= 15 is 0 Å². The van der Waals surface area contributed by atoms with Crippen LogP contribution in [0, 0.1) is 20.8 Å². The zero-order chi connectivity index (χ0) is 13.0. The lowest BCUT2D eigenvalue weighted by Crippen LogP contribution is -2.26. The van der Waals surface area contributed by atoms with E-state index in [9.17, 15) is 0 Å². The van der Waals surface area contributed by atoms with Gasteiger partial charge in [-0.1, -0.05) is 79.0 Å². The van der Waals surface area contributed by atoms with E-state index in [1.54, 1.807) is 5.19 Å². The molecule has 0 saturated heterocycles. The summed E-state index contributed by atoms with van der Waals surface area (Å²) in [5, 5.41) is 1.66. The molecule has 1 fully saturated rings. The maximum absolute atomic E-state index is 2.36. The molecule has 0 N–H and O–H groups in total. The van der Waals surface area contributed by atoms with Gasteiger partial charge in [0.15, 0.2) is 0 Å². The first-order valence-electron chi connectivity index (χ1n) is 7.51. The van der Waals surface area contributed by atoms with Gasteiger partial charge in [-0.25, -0.2) is 0 Å². The molecule has 1 aromatic carbocycles. The monoisotopic (exact) mass is 258 g/mol. The van der Waals surface area contributed by atoms with Crippen molar-refractivity contribution in [1.82, 2.24) is 0 Å². The Kier molecular flexibility index (Phi) is 5.05. The Hall–Kier alpha value is -0.563. The zero-order valence-corrected chi connectivity index (χ0v) is 13.2. The number of aryl methyl sites for hydroxylation is 3. The number of hydrogen-bond donors (Lipinski definition) is 0. The van der Waals surface area contributed by atoms with E-state index in [-0.39, 0.29) is 0 Å². The van der Waals surface area contributed by atoms with Gasteiger partial charge in [-0.15, -0.1) is 0 Å². The molecule has 0 bridgehead atoms. The predicted octanol–water partition coefficient (Wildman–Crippen LogP) is 4.47. The van der Waals surface area contributed by atoms with Crippen molar-refractivity contribution in [2.24, 2.45) is 0 Å². The molecule has 0 spiro atoms. The maximum atomic E-state index is 2.36. The highest BCUT2D eigenvalue weighted by Gasteiger charge is 2.15. The highest BCUT2D eigenvalue weighted by Crippen LogP contribution is 2.26. The molecule has 1 aromatic rings. The normalized spacial score (nSPS) is 18.4. The Balaban J connectivity index is 2.07. The lowest BCUT2D eigenvalue weighted by molar-refractivity contribution is 0.502. The van der Waals surface area contributed by atoms with Crippen LogP contribution in [0.4, 0.5) is 0 Å². The van der Waals surface area contributed by atoms with Crippen LogP contribution in [0.1, 0.15) is 61.6 Å². The second kappa shape index (κ2) is 6.56. The van der Waals surface area contributed by atoms with Crippen LogP contribution in [-0.2, 0) is 0 Å². The van der Waals surface area contributed by atoms with Gasteiger partial charge >= 0.3 is 0 Å². The van der Waals surface area contributed by atoms with Crippen LogP contribution in [0.5, 0.6) is 0 Å². The van der Waals surface area contributed by atoms with Gasteiger partial charge in [0.25, 0.3) is 0 Å². The summed E-state index contributed by atoms with van der Waals surface area (Å²) in [4.78, 5) is 0. The first kappa shape index (κ1) is 13.9. The predicted molar refractivity (Wildman–Crippen MR) is 82.1 cm³/mol. The van der Waals surface area contributed by atoms with Gasteiger partial charge < -0.3 is 0 Å². The lowest BCUT2D eigenvalue weighted by Gasteiger charge is -2.21. The topological polar surface area (TPSA) is 0 Å². The Bertz CT molecular complexity index is 364. The molecule has 0 amide bonds. The van der Waals surface area contributed by atoms with Gasteiger partial charge in [0.05, 0.1) is 9.52 Å². The van der Waals surface area contributed by atoms with Crippen LogP contribution >= 0.6 is 0 Å². The molecular weight excluding hydrogens is 232 g/mol. The summed E-state index contributed by atoms with van der Waals surface area (Å²) in [7, 11) is 1.04. The van der Waals surface area contributed by atoms with Gasteiger partial charge in [-0.2, -0.15) is 0 Å². The van der Waals surface area contributed by atoms with E-state index < -0.39 is 0 Å². The molecule has 2 radical (unpaired) electrons. The third-order valence-corrected chi connectivity index (χ3v) is 6.19. The summed E-state index contributed by atoms with van der Waals surface area (Å²) >= 11 is 0. The van der Waals surface area contributed by atoms with E-state index in [2.05, 4.69) is 32.9 Å². The Morgan fingerprint density at radius 2 is 1.33 bits per heavy atom. The van der Waals surface area contributed by atoms with Crippen LogP contribution in [0.15, 0.2) is 12.1 Å². The van der Waals surface area contributed by atoms with Crippen molar-refractivity contribution in [2.45, 2.75) is 71.3 Å². The lowest BCUT2D eigenvalue weighted by atomic mass is 10.0. The quantitative estimate of drug-likeness (QED) is 0.686. The summed E-state index contributed by atoms with van der Waals surface area (Å²) in [6.45, 7) is 6.80. The van der Waals surface area contributed by atoms with E-state index in [1.807, 2.05) is 0 Å². The third kappa shape index (κ3) is 3.71. The van der Waals surface area contributed by atoms with Crippen molar-refractivity contribution < 1.29 is 0 Å². The largest absolute Gasteiger partial charge is 0.0849 e. The van der Waals surface area contributed by atoms with Crippen molar-refractivity contribution in [3.63, 3.8) is 0 Å². The van der Waals surface area contributed by atoms with Crippen LogP contribution in [0.2, 0.25) is 5.54 Å². The molecule has 0 atom stereocenters. The molecule has 98 valence electrons.